The average Bonchev–Trinajstić information content (AvgIpc) is 2.39. The van der Waals surface area contributed by atoms with Crippen LogP contribution < -0.4 is 10.5 Å². The Hall–Kier alpha value is -1.16. The van der Waals surface area contributed by atoms with E-state index in [0.29, 0.717) is 0 Å². The Balaban J connectivity index is 2.21. The topological polar surface area (TPSA) is 59.1 Å². The molecule has 2 atom stereocenters. The lowest BCUT2D eigenvalue weighted by Gasteiger charge is -2.28. The van der Waals surface area contributed by atoms with Crippen molar-refractivity contribution in [2.75, 3.05) is 5.75 Å². The highest BCUT2D eigenvalue weighted by Gasteiger charge is 2.22. The third-order valence-electron chi connectivity index (χ3n) is 3.74. The third kappa shape index (κ3) is 3.69. The molecule has 3 N–H and O–H groups in total. The molecule has 1 aromatic rings. The Morgan fingerprint density at radius 3 is 2.90 bits per heavy atom. The fourth-order valence-electron chi connectivity index (χ4n) is 2.82. The van der Waals surface area contributed by atoms with Crippen LogP contribution in [0, 0.1) is 11.3 Å². The molecule has 3 nitrogen and oxygen atoms in total. The van der Waals surface area contributed by atoms with Crippen LogP contribution in [-0.4, -0.2) is 17.7 Å². The van der Waals surface area contributed by atoms with Crippen molar-refractivity contribution in [3.8, 4) is 5.75 Å². The average molecular weight is 292 g/mol. The SMILES string of the molecule is CCSc1cccc(OC2CCCC(C)C2)c1C(=N)N. The highest BCUT2D eigenvalue weighted by Crippen LogP contribution is 2.33. The molecule has 0 spiro atoms. The Morgan fingerprint density at radius 1 is 1.45 bits per heavy atom. The van der Waals surface area contributed by atoms with Crippen LogP contribution in [0.2, 0.25) is 0 Å². The van der Waals surface area contributed by atoms with Gasteiger partial charge in [-0.05, 0) is 43.1 Å². The molecule has 4 heteroatoms. The Kier molecular flexibility index (Phi) is 5.35. The van der Waals surface area contributed by atoms with Gasteiger partial charge in [0.25, 0.3) is 0 Å². The van der Waals surface area contributed by atoms with Crippen LogP contribution in [0.25, 0.3) is 0 Å². The largest absolute Gasteiger partial charge is 0.490 e. The number of rotatable bonds is 5. The van der Waals surface area contributed by atoms with Gasteiger partial charge in [0.1, 0.15) is 11.6 Å². The zero-order valence-electron chi connectivity index (χ0n) is 12.3. The molecular weight excluding hydrogens is 268 g/mol. The number of nitrogens with two attached hydrogens (primary N) is 1. The molecule has 1 aliphatic carbocycles. The Bertz CT molecular complexity index is 476. The lowest BCUT2D eigenvalue weighted by Crippen LogP contribution is -2.25. The van der Waals surface area contributed by atoms with Gasteiger partial charge in [0.2, 0.25) is 0 Å². The zero-order valence-corrected chi connectivity index (χ0v) is 13.1. The molecule has 0 saturated heterocycles. The number of ether oxygens (including phenoxy) is 1. The lowest BCUT2D eigenvalue weighted by molar-refractivity contribution is 0.128. The summed E-state index contributed by atoms with van der Waals surface area (Å²) in [5.74, 6) is 2.56. The molecule has 1 aliphatic rings. The first kappa shape index (κ1) is 15.2. The van der Waals surface area contributed by atoms with E-state index < -0.39 is 0 Å². The summed E-state index contributed by atoms with van der Waals surface area (Å²) in [5, 5.41) is 7.84. The van der Waals surface area contributed by atoms with E-state index in [1.165, 1.54) is 12.8 Å². The summed E-state index contributed by atoms with van der Waals surface area (Å²) in [4.78, 5) is 1.04. The van der Waals surface area contributed by atoms with Crippen molar-refractivity contribution in [3.63, 3.8) is 0 Å². The van der Waals surface area contributed by atoms with E-state index in [1.807, 2.05) is 18.2 Å². The van der Waals surface area contributed by atoms with E-state index in [-0.39, 0.29) is 11.9 Å². The predicted molar refractivity (Wildman–Crippen MR) is 85.9 cm³/mol. The van der Waals surface area contributed by atoms with Crippen molar-refractivity contribution in [3.05, 3.63) is 23.8 Å². The molecule has 0 radical (unpaired) electrons. The molecule has 2 rings (SSSR count). The zero-order chi connectivity index (χ0) is 14.5. The maximum atomic E-state index is 7.84. The van der Waals surface area contributed by atoms with Crippen molar-refractivity contribution in [1.82, 2.24) is 0 Å². The molecule has 1 aromatic carbocycles. The van der Waals surface area contributed by atoms with E-state index in [9.17, 15) is 0 Å². The van der Waals surface area contributed by atoms with Crippen LogP contribution in [-0.2, 0) is 0 Å². The molecular formula is C16H24N2OS. The van der Waals surface area contributed by atoms with Crippen molar-refractivity contribution in [2.24, 2.45) is 11.7 Å². The van der Waals surface area contributed by atoms with Gasteiger partial charge in [-0.2, -0.15) is 0 Å². The van der Waals surface area contributed by atoms with Gasteiger partial charge in [0, 0.05) is 4.90 Å². The van der Waals surface area contributed by atoms with Crippen LogP contribution in [0.4, 0.5) is 0 Å². The van der Waals surface area contributed by atoms with Gasteiger partial charge in [-0.1, -0.05) is 26.3 Å². The van der Waals surface area contributed by atoms with Crippen LogP contribution in [0.1, 0.15) is 45.1 Å². The second-order valence-corrected chi connectivity index (χ2v) is 6.79. The molecule has 0 heterocycles. The van der Waals surface area contributed by atoms with Crippen LogP contribution in [0.15, 0.2) is 23.1 Å². The molecule has 110 valence electrons. The standard InChI is InChI=1S/C16H24N2OS/c1-3-20-14-9-5-8-13(15(14)16(17)18)19-12-7-4-6-11(2)10-12/h5,8-9,11-12H,3-4,6-7,10H2,1-2H3,(H3,17,18). The number of amidine groups is 1. The number of thioether (sulfide) groups is 1. The minimum atomic E-state index is 0.0976. The normalized spacial score (nSPS) is 22.5. The minimum Gasteiger partial charge on any atom is -0.490 e. The molecule has 0 amide bonds. The van der Waals surface area contributed by atoms with Crippen molar-refractivity contribution in [2.45, 2.75) is 50.5 Å². The second kappa shape index (κ2) is 7.02. The smallest absolute Gasteiger partial charge is 0.131 e. The summed E-state index contributed by atoms with van der Waals surface area (Å²) in [5.41, 5.74) is 6.53. The lowest BCUT2D eigenvalue weighted by atomic mass is 9.88. The number of nitrogens with one attached hydrogen (secondary N) is 1. The van der Waals surface area contributed by atoms with Gasteiger partial charge >= 0.3 is 0 Å². The first-order chi connectivity index (χ1) is 9.61. The van der Waals surface area contributed by atoms with E-state index in [4.69, 9.17) is 15.9 Å². The third-order valence-corrected chi connectivity index (χ3v) is 4.68. The summed E-state index contributed by atoms with van der Waals surface area (Å²) in [6, 6.07) is 5.95. The van der Waals surface area contributed by atoms with E-state index in [2.05, 4.69) is 13.8 Å². The van der Waals surface area contributed by atoms with E-state index >= 15 is 0 Å². The number of nitrogen functional groups attached to an aromatic ring is 1. The summed E-state index contributed by atoms with van der Waals surface area (Å²) < 4.78 is 6.17. The summed E-state index contributed by atoms with van der Waals surface area (Å²) >= 11 is 1.71. The highest BCUT2D eigenvalue weighted by atomic mass is 32.2. The van der Waals surface area contributed by atoms with Gasteiger partial charge in [-0.25, -0.2) is 0 Å². The molecule has 2 unspecified atom stereocenters. The summed E-state index contributed by atoms with van der Waals surface area (Å²) in [6.07, 6.45) is 4.99. The first-order valence-corrected chi connectivity index (χ1v) is 8.37. The number of benzene rings is 1. The van der Waals surface area contributed by atoms with Crippen molar-refractivity contribution >= 4 is 17.6 Å². The molecule has 0 bridgehead atoms. The van der Waals surface area contributed by atoms with E-state index in [1.54, 1.807) is 11.8 Å². The maximum Gasteiger partial charge on any atom is 0.131 e. The van der Waals surface area contributed by atoms with Crippen LogP contribution >= 0.6 is 11.8 Å². The molecule has 0 aliphatic heterocycles. The van der Waals surface area contributed by atoms with Gasteiger partial charge < -0.3 is 10.5 Å². The van der Waals surface area contributed by atoms with Crippen molar-refractivity contribution in [1.29, 1.82) is 5.41 Å². The van der Waals surface area contributed by atoms with Gasteiger partial charge in [-0.15, -0.1) is 11.8 Å². The van der Waals surface area contributed by atoms with Crippen LogP contribution in [0.3, 0.4) is 0 Å². The Labute approximate surface area is 125 Å². The van der Waals surface area contributed by atoms with E-state index in [0.717, 1.165) is 40.7 Å². The van der Waals surface area contributed by atoms with Gasteiger partial charge in [0.15, 0.2) is 0 Å². The second-order valence-electron chi connectivity index (χ2n) is 5.49. The fraction of sp³-hybridized carbons (Fsp3) is 0.562. The number of hydrogen-bond donors (Lipinski definition) is 2. The fourth-order valence-corrected chi connectivity index (χ4v) is 3.66. The summed E-state index contributed by atoms with van der Waals surface area (Å²) in [6.45, 7) is 4.38. The molecule has 0 aromatic heterocycles. The van der Waals surface area contributed by atoms with Gasteiger partial charge in [-0.3, -0.25) is 5.41 Å². The first-order valence-electron chi connectivity index (χ1n) is 7.38. The molecule has 20 heavy (non-hydrogen) atoms. The highest BCUT2D eigenvalue weighted by molar-refractivity contribution is 7.99. The number of hydrogen-bond acceptors (Lipinski definition) is 3. The van der Waals surface area contributed by atoms with Crippen molar-refractivity contribution < 1.29 is 4.74 Å². The molecule has 1 fully saturated rings. The van der Waals surface area contributed by atoms with Crippen LogP contribution in [0.5, 0.6) is 5.75 Å². The monoisotopic (exact) mass is 292 g/mol. The predicted octanol–water partition coefficient (Wildman–Crippen LogP) is 4.04. The maximum absolute atomic E-state index is 7.84. The Morgan fingerprint density at radius 2 is 2.25 bits per heavy atom. The van der Waals surface area contributed by atoms with Gasteiger partial charge in [0.05, 0.1) is 11.7 Å². The quantitative estimate of drug-likeness (QED) is 0.489. The minimum absolute atomic E-state index is 0.0976. The molecule has 1 saturated carbocycles. The summed E-state index contributed by atoms with van der Waals surface area (Å²) in [7, 11) is 0.